The van der Waals surface area contributed by atoms with E-state index >= 15 is 0 Å². The highest BCUT2D eigenvalue weighted by Gasteiger charge is 2.33. The Morgan fingerprint density at radius 1 is 1.42 bits per heavy atom. The number of carbonyl (C=O) groups excluding carboxylic acids is 1. The number of ether oxygens (including phenoxy) is 1. The summed E-state index contributed by atoms with van der Waals surface area (Å²) in [6.45, 7) is 4.61. The lowest BCUT2D eigenvalue weighted by Crippen LogP contribution is -2.51. The van der Waals surface area contributed by atoms with E-state index in [2.05, 4.69) is 5.32 Å². The maximum atomic E-state index is 12.6. The number of nitrogens with one attached hydrogen (secondary N) is 1. The minimum absolute atomic E-state index is 0.0391. The number of nitrogens with zero attached hydrogens (tertiary/aromatic N) is 1. The van der Waals surface area contributed by atoms with Crippen molar-refractivity contribution in [1.29, 1.82) is 0 Å². The molecule has 9 heteroatoms. The number of rotatable bonds is 7. The van der Waals surface area contributed by atoms with Crippen molar-refractivity contribution >= 4 is 21.4 Å². The third kappa shape index (κ3) is 3.94. The fourth-order valence-electron chi connectivity index (χ4n) is 3.35. The number of hydrogen-bond acceptors (Lipinski definition) is 6. The predicted octanol–water partition coefficient (Wildman–Crippen LogP) is 1.30. The van der Waals surface area contributed by atoms with Gasteiger partial charge in [0, 0.05) is 18.9 Å². The Morgan fingerprint density at radius 2 is 2.12 bits per heavy atom. The summed E-state index contributed by atoms with van der Waals surface area (Å²) in [5.41, 5.74) is 5.95. The molecule has 0 aliphatic carbocycles. The summed E-state index contributed by atoms with van der Waals surface area (Å²) in [7, 11) is -2.19. The van der Waals surface area contributed by atoms with Crippen LogP contribution in [0.25, 0.3) is 0 Å². The van der Waals surface area contributed by atoms with Crippen molar-refractivity contribution in [1.82, 2.24) is 5.32 Å². The summed E-state index contributed by atoms with van der Waals surface area (Å²) >= 11 is 0. The lowest BCUT2D eigenvalue weighted by Gasteiger charge is -2.43. The third-order valence-corrected chi connectivity index (χ3v) is 6.85. The van der Waals surface area contributed by atoms with Crippen LogP contribution in [0.3, 0.4) is 0 Å². The first-order valence-electron chi connectivity index (χ1n) is 8.74. The van der Waals surface area contributed by atoms with Gasteiger partial charge in [0.2, 0.25) is 0 Å². The number of likely N-dealkylation sites (N-methyl/N-ethyl adjacent to an activating group) is 1. The van der Waals surface area contributed by atoms with E-state index in [0.29, 0.717) is 13.1 Å². The Bertz CT molecular complexity index is 781. The first-order chi connectivity index (χ1) is 12.2. The highest BCUT2D eigenvalue weighted by atomic mass is 32.2. The minimum atomic E-state index is -3.58. The highest BCUT2D eigenvalue weighted by Crippen LogP contribution is 2.30. The third-order valence-electron chi connectivity index (χ3n) is 5.06. The van der Waals surface area contributed by atoms with E-state index < -0.39 is 15.7 Å². The predicted molar refractivity (Wildman–Crippen MR) is 99.5 cm³/mol. The molecule has 2 atom stereocenters. The van der Waals surface area contributed by atoms with Crippen LogP contribution in [-0.2, 0) is 9.84 Å². The van der Waals surface area contributed by atoms with Gasteiger partial charge >= 0.3 is 0 Å². The SMILES string of the molecule is CC[N+]1([O-])CCCC1CNC(=O)c1cc(S(=O)(=O)CC)c(N)cc1OC. The first-order valence-corrected chi connectivity index (χ1v) is 10.4. The molecular weight excluding hydrogens is 358 g/mol. The largest absolute Gasteiger partial charge is 0.633 e. The number of methoxy groups -OCH3 is 1. The van der Waals surface area contributed by atoms with E-state index in [0.717, 1.165) is 12.8 Å². The standard InChI is InChI=1S/C17H27N3O5S/c1-4-20(22)8-6-7-12(20)11-19-17(21)13-9-16(26(23,24)5-2)14(18)10-15(13)25-3/h9-10,12H,4-8,11,18H2,1-3H3,(H,19,21). The maximum Gasteiger partial charge on any atom is 0.255 e. The van der Waals surface area contributed by atoms with Gasteiger partial charge in [-0.15, -0.1) is 0 Å². The van der Waals surface area contributed by atoms with Crippen LogP contribution in [0.1, 0.15) is 37.0 Å². The number of anilines is 1. The van der Waals surface area contributed by atoms with Crippen molar-refractivity contribution in [2.75, 3.05) is 38.2 Å². The number of hydrogen-bond donors (Lipinski definition) is 2. The molecule has 1 aliphatic heterocycles. The summed E-state index contributed by atoms with van der Waals surface area (Å²) < 4.78 is 29.3. The topological polar surface area (TPSA) is 122 Å². The van der Waals surface area contributed by atoms with Gasteiger partial charge in [0.15, 0.2) is 9.84 Å². The van der Waals surface area contributed by atoms with Crippen LogP contribution in [0.2, 0.25) is 0 Å². The number of nitrogen functional groups attached to an aromatic ring is 1. The smallest absolute Gasteiger partial charge is 0.255 e. The Morgan fingerprint density at radius 3 is 2.69 bits per heavy atom. The number of nitrogens with two attached hydrogens (primary N) is 1. The molecule has 1 fully saturated rings. The number of quaternary nitrogens is 1. The number of likely N-dealkylation sites (tertiary alicyclic amines) is 1. The average Bonchev–Trinajstić information content (AvgIpc) is 3.00. The quantitative estimate of drug-likeness (QED) is 0.414. The molecule has 8 nitrogen and oxygen atoms in total. The van der Waals surface area contributed by atoms with E-state index in [1.165, 1.54) is 26.2 Å². The van der Waals surface area contributed by atoms with Gasteiger partial charge in [-0.3, -0.25) is 4.79 Å². The van der Waals surface area contributed by atoms with Gasteiger partial charge in [-0.25, -0.2) is 8.42 Å². The van der Waals surface area contributed by atoms with Crippen molar-refractivity contribution in [2.45, 2.75) is 37.6 Å². The average molecular weight is 385 g/mol. The number of hydroxylamine groups is 3. The van der Waals surface area contributed by atoms with Crippen LogP contribution < -0.4 is 15.8 Å². The lowest BCUT2D eigenvalue weighted by molar-refractivity contribution is -0.889. The second-order valence-electron chi connectivity index (χ2n) is 6.49. The van der Waals surface area contributed by atoms with Gasteiger partial charge in [0.05, 0.1) is 48.6 Å². The second-order valence-corrected chi connectivity index (χ2v) is 8.74. The number of carbonyl (C=O) groups is 1. The molecule has 2 unspecified atom stereocenters. The van der Waals surface area contributed by atoms with E-state index in [-0.39, 0.29) is 44.9 Å². The molecule has 1 aromatic rings. The first kappa shape index (κ1) is 20.5. The van der Waals surface area contributed by atoms with E-state index in [1.54, 1.807) is 0 Å². The number of benzene rings is 1. The zero-order chi connectivity index (χ0) is 19.5. The Kier molecular flexibility index (Phi) is 6.15. The molecule has 3 N–H and O–H groups in total. The van der Waals surface area contributed by atoms with Crippen LogP contribution in [0.4, 0.5) is 5.69 Å². The molecule has 1 aromatic carbocycles. The van der Waals surface area contributed by atoms with Crippen molar-refractivity contribution in [3.8, 4) is 5.75 Å². The normalized spacial score (nSPS) is 23.0. The van der Waals surface area contributed by atoms with Crippen LogP contribution in [-0.4, -0.2) is 57.5 Å². The summed E-state index contributed by atoms with van der Waals surface area (Å²) in [5, 5.41) is 15.4. The van der Waals surface area contributed by atoms with Gasteiger partial charge in [0.1, 0.15) is 11.8 Å². The van der Waals surface area contributed by atoms with Gasteiger partial charge in [0.25, 0.3) is 5.91 Å². The van der Waals surface area contributed by atoms with Crippen LogP contribution in [0.15, 0.2) is 17.0 Å². The second kappa shape index (κ2) is 7.81. The zero-order valence-electron chi connectivity index (χ0n) is 15.4. The lowest BCUT2D eigenvalue weighted by atomic mass is 10.1. The van der Waals surface area contributed by atoms with Gasteiger partial charge in [-0.2, -0.15) is 0 Å². The number of amides is 1. The van der Waals surface area contributed by atoms with Gasteiger partial charge < -0.3 is 25.6 Å². The zero-order valence-corrected chi connectivity index (χ0v) is 16.3. The monoisotopic (exact) mass is 385 g/mol. The summed E-state index contributed by atoms with van der Waals surface area (Å²) in [6, 6.07) is 2.39. The van der Waals surface area contributed by atoms with Crippen molar-refractivity contribution in [3.05, 3.63) is 22.9 Å². The Balaban J connectivity index is 2.26. The molecule has 0 spiro atoms. The Labute approximate surface area is 154 Å². The molecule has 1 aliphatic rings. The molecule has 0 aromatic heterocycles. The maximum absolute atomic E-state index is 12.6. The fourth-order valence-corrected chi connectivity index (χ4v) is 4.38. The van der Waals surface area contributed by atoms with Gasteiger partial charge in [-0.1, -0.05) is 6.92 Å². The van der Waals surface area contributed by atoms with E-state index in [9.17, 15) is 18.4 Å². The Hall–Kier alpha value is -1.84. The molecule has 1 heterocycles. The van der Waals surface area contributed by atoms with Crippen molar-refractivity contribution < 1.29 is 22.6 Å². The molecule has 0 radical (unpaired) electrons. The minimum Gasteiger partial charge on any atom is -0.633 e. The molecule has 26 heavy (non-hydrogen) atoms. The molecule has 0 bridgehead atoms. The van der Waals surface area contributed by atoms with Gasteiger partial charge in [-0.05, 0) is 13.0 Å². The van der Waals surface area contributed by atoms with Crippen molar-refractivity contribution in [3.63, 3.8) is 0 Å². The summed E-state index contributed by atoms with van der Waals surface area (Å²) in [6.07, 6.45) is 1.59. The van der Waals surface area contributed by atoms with Crippen molar-refractivity contribution in [2.24, 2.45) is 0 Å². The molecule has 1 saturated heterocycles. The number of sulfone groups is 1. The summed E-state index contributed by atoms with van der Waals surface area (Å²) in [4.78, 5) is 12.5. The highest BCUT2D eigenvalue weighted by molar-refractivity contribution is 7.91. The van der Waals surface area contributed by atoms with Crippen LogP contribution in [0, 0.1) is 5.21 Å². The molecule has 2 rings (SSSR count). The fraction of sp³-hybridized carbons (Fsp3) is 0.588. The molecule has 146 valence electrons. The van der Waals surface area contributed by atoms with Crippen LogP contribution >= 0.6 is 0 Å². The molecule has 0 saturated carbocycles. The van der Waals surface area contributed by atoms with E-state index in [4.69, 9.17) is 10.5 Å². The summed E-state index contributed by atoms with van der Waals surface area (Å²) in [5.74, 6) is -0.414. The molecular formula is C17H27N3O5S. The molecule has 1 amide bonds. The van der Waals surface area contributed by atoms with Crippen LogP contribution in [0.5, 0.6) is 5.75 Å². The van der Waals surface area contributed by atoms with E-state index in [1.807, 2.05) is 6.92 Å².